The summed E-state index contributed by atoms with van der Waals surface area (Å²) in [6.07, 6.45) is 2.31. The van der Waals surface area contributed by atoms with Crippen LogP contribution in [0.1, 0.15) is 30.0 Å². The van der Waals surface area contributed by atoms with Crippen molar-refractivity contribution in [1.29, 1.82) is 0 Å². The molecule has 0 fully saturated rings. The molecule has 3 N–H and O–H groups in total. The molecule has 0 aliphatic heterocycles. The highest BCUT2D eigenvalue weighted by Crippen LogP contribution is 2.29. The van der Waals surface area contributed by atoms with Crippen molar-refractivity contribution >= 4 is 11.6 Å². The summed E-state index contributed by atoms with van der Waals surface area (Å²) in [4.78, 5) is 0. The van der Waals surface area contributed by atoms with Crippen LogP contribution < -0.4 is 5.73 Å². The third-order valence-electron chi connectivity index (χ3n) is 2.83. The minimum absolute atomic E-state index is 0.286. The van der Waals surface area contributed by atoms with Gasteiger partial charge in [0.25, 0.3) is 0 Å². The van der Waals surface area contributed by atoms with Gasteiger partial charge < -0.3 is 10.8 Å². The minimum Gasteiger partial charge on any atom is -0.391 e. The van der Waals surface area contributed by atoms with Gasteiger partial charge >= 0.3 is 0 Å². The maximum Gasteiger partial charge on any atom is 0.0733 e. The lowest BCUT2D eigenvalue weighted by molar-refractivity contribution is 0.136. The van der Waals surface area contributed by atoms with E-state index >= 15 is 0 Å². The number of benzene rings is 1. The largest absolute Gasteiger partial charge is 0.391 e. The first-order valence-electron chi connectivity index (χ1n) is 4.90. The van der Waals surface area contributed by atoms with Crippen LogP contribution in [0.5, 0.6) is 0 Å². The van der Waals surface area contributed by atoms with Crippen LogP contribution in [0.15, 0.2) is 18.2 Å². The summed E-state index contributed by atoms with van der Waals surface area (Å²) in [7, 11) is 0. The van der Waals surface area contributed by atoms with Gasteiger partial charge in [-0.2, -0.15) is 0 Å². The fraction of sp³-hybridized carbons (Fsp3) is 0.455. The van der Waals surface area contributed by atoms with Crippen molar-refractivity contribution in [3.8, 4) is 0 Å². The normalized spacial score (nSPS) is 26.8. The number of aliphatic hydroxyl groups is 1. The summed E-state index contributed by atoms with van der Waals surface area (Å²) < 4.78 is 0. The number of hydrogen-bond acceptors (Lipinski definition) is 2. The molecule has 0 aromatic heterocycles. The van der Waals surface area contributed by atoms with Gasteiger partial charge in [0, 0.05) is 5.02 Å². The highest BCUT2D eigenvalue weighted by molar-refractivity contribution is 6.30. The number of hydrogen-bond donors (Lipinski definition) is 2. The van der Waals surface area contributed by atoms with E-state index in [9.17, 15) is 5.11 Å². The number of aryl methyl sites for hydroxylation is 1. The van der Waals surface area contributed by atoms with E-state index in [4.69, 9.17) is 17.3 Å². The quantitative estimate of drug-likeness (QED) is 0.646. The van der Waals surface area contributed by atoms with Crippen molar-refractivity contribution in [2.75, 3.05) is 0 Å². The second kappa shape index (κ2) is 3.89. The van der Waals surface area contributed by atoms with Gasteiger partial charge in [-0.05, 0) is 42.5 Å². The third kappa shape index (κ3) is 1.78. The molecule has 0 spiro atoms. The molecule has 1 aromatic carbocycles. The Labute approximate surface area is 88.7 Å². The molecule has 0 saturated heterocycles. The van der Waals surface area contributed by atoms with Gasteiger partial charge in [-0.3, -0.25) is 0 Å². The summed E-state index contributed by atoms with van der Waals surface area (Å²) in [5, 5.41) is 10.4. The maximum absolute atomic E-state index is 9.73. The molecule has 0 radical (unpaired) electrons. The lowest BCUT2D eigenvalue weighted by atomic mass is 9.99. The van der Waals surface area contributed by atoms with E-state index in [-0.39, 0.29) is 6.04 Å². The Bertz CT molecular complexity index is 340. The summed E-state index contributed by atoms with van der Waals surface area (Å²) >= 11 is 5.91. The van der Waals surface area contributed by atoms with Crippen molar-refractivity contribution in [3.05, 3.63) is 34.3 Å². The number of rotatable bonds is 0. The molecule has 0 bridgehead atoms. The Hall–Kier alpha value is -0.570. The number of nitrogens with two attached hydrogens (primary N) is 1. The Kier molecular flexibility index (Phi) is 2.77. The van der Waals surface area contributed by atoms with E-state index in [0.29, 0.717) is 5.02 Å². The van der Waals surface area contributed by atoms with Crippen molar-refractivity contribution in [3.63, 3.8) is 0 Å². The fourth-order valence-corrected chi connectivity index (χ4v) is 2.17. The van der Waals surface area contributed by atoms with Crippen LogP contribution in [-0.2, 0) is 6.42 Å². The molecule has 0 amide bonds. The van der Waals surface area contributed by atoms with Gasteiger partial charge in [-0.1, -0.05) is 17.7 Å². The van der Waals surface area contributed by atoms with E-state index in [1.165, 1.54) is 5.56 Å². The zero-order valence-electron chi connectivity index (χ0n) is 7.91. The molecule has 0 unspecified atom stereocenters. The average Bonchev–Trinajstić information content (AvgIpc) is 2.30. The first kappa shape index (κ1) is 9.97. The lowest BCUT2D eigenvalue weighted by Gasteiger charge is -2.17. The van der Waals surface area contributed by atoms with Gasteiger partial charge in [0.2, 0.25) is 0 Å². The highest BCUT2D eigenvalue weighted by Gasteiger charge is 2.22. The molecule has 14 heavy (non-hydrogen) atoms. The van der Waals surface area contributed by atoms with Gasteiger partial charge in [-0.25, -0.2) is 0 Å². The molecule has 1 aliphatic rings. The lowest BCUT2D eigenvalue weighted by Crippen LogP contribution is -2.25. The fourth-order valence-electron chi connectivity index (χ4n) is 1.99. The second-order valence-electron chi connectivity index (χ2n) is 3.83. The summed E-state index contributed by atoms with van der Waals surface area (Å²) in [6.45, 7) is 0. The van der Waals surface area contributed by atoms with E-state index < -0.39 is 6.10 Å². The second-order valence-corrected chi connectivity index (χ2v) is 4.26. The third-order valence-corrected chi connectivity index (χ3v) is 3.06. The predicted octanol–water partition coefficient (Wildman–Crippen LogP) is 2.04. The molecular weight excluding hydrogens is 198 g/mol. The number of fused-ring (bicyclic) bond motifs is 1. The SMILES string of the molecule is N[C@H]1c2cc(Cl)ccc2CCC[C@H]1O. The molecule has 2 rings (SSSR count). The van der Waals surface area contributed by atoms with Crippen LogP contribution in [0.3, 0.4) is 0 Å². The van der Waals surface area contributed by atoms with Gasteiger partial charge in [0.15, 0.2) is 0 Å². The average molecular weight is 212 g/mol. The zero-order chi connectivity index (χ0) is 10.1. The molecule has 0 saturated carbocycles. The Morgan fingerprint density at radius 3 is 3.00 bits per heavy atom. The topological polar surface area (TPSA) is 46.2 Å². The van der Waals surface area contributed by atoms with Crippen molar-refractivity contribution in [2.45, 2.75) is 31.4 Å². The molecule has 76 valence electrons. The first-order valence-corrected chi connectivity index (χ1v) is 5.28. The van der Waals surface area contributed by atoms with Crippen LogP contribution in [0, 0.1) is 0 Å². The first-order chi connectivity index (χ1) is 6.68. The Morgan fingerprint density at radius 1 is 1.43 bits per heavy atom. The molecule has 2 atom stereocenters. The molecule has 3 heteroatoms. The molecule has 1 aliphatic carbocycles. The standard InChI is InChI=1S/C11H14ClNO/c12-8-5-4-7-2-1-3-10(14)11(13)9(7)6-8/h4-6,10-11,14H,1-3,13H2/t10-,11+/m1/s1. The van der Waals surface area contributed by atoms with Crippen LogP contribution >= 0.6 is 11.6 Å². The Balaban J connectivity index is 2.44. The van der Waals surface area contributed by atoms with E-state index in [1.807, 2.05) is 18.2 Å². The maximum atomic E-state index is 9.73. The van der Waals surface area contributed by atoms with Crippen LogP contribution in [-0.4, -0.2) is 11.2 Å². The minimum atomic E-state index is -0.435. The number of aliphatic hydroxyl groups excluding tert-OH is 1. The van der Waals surface area contributed by atoms with E-state index in [2.05, 4.69) is 0 Å². The summed E-state index contributed by atoms with van der Waals surface area (Å²) in [6, 6.07) is 5.47. The monoisotopic (exact) mass is 211 g/mol. The number of halogens is 1. The van der Waals surface area contributed by atoms with Crippen molar-refractivity contribution in [1.82, 2.24) is 0 Å². The summed E-state index contributed by atoms with van der Waals surface area (Å²) in [5.41, 5.74) is 8.17. The molecule has 2 nitrogen and oxygen atoms in total. The zero-order valence-corrected chi connectivity index (χ0v) is 8.67. The predicted molar refractivity (Wildman–Crippen MR) is 57.3 cm³/mol. The van der Waals surface area contributed by atoms with Gasteiger partial charge in [-0.15, -0.1) is 0 Å². The molecular formula is C11H14ClNO. The van der Waals surface area contributed by atoms with Crippen LogP contribution in [0.2, 0.25) is 5.02 Å². The van der Waals surface area contributed by atoms with Gasteiger partial charge in [0.05, 0.1) is 12.1 Å². The smallest absolute Gasteiger partial charge is 0.0733 e. The van der Waals surface area contributed by atoms with E-state index in [0.717, 1.165) is 24.8 Å². The molecule has 0 heterocycles. The molecule has 1 aromatic rings. The van der Waals surface area contributed by atoms with Gasteiger partial charge in [0.1, 0.15) is 0 Å². The van der Waals surface area contributed by atoms with Crippen LogP contribution in [0.4, 0.5) is 0 Å². The highest BCUT2D eigenvalue weighted by atomic mass is 35.5. The van der Waals surface area contributed by atoms with Crippen LogP contribution in [0.25, 0.3) is 0 Å². The summed E-state index contributed by atoms with van der Waals surface area (Å²) in [5.74, 6) is 0. The van der Waals surface area contributed by atoms with Crippen molar-refractivity contribution < 1.29 is 5.11 Å². The van der Waals surface area contributed by atoms with Crippen molar-refractivity contribution in [2.24, 2.45) is 5.73 Å². The van der Waals surface area contributed by atoms with E-state index in [1.54, 1.807) is 0 Å². The Morgan fingerprint density at radius 2 is 2.21 bits per heavy atom.